The second-order valence-corrected chi connectivity index (χ2v) is 4.06. The number of benzene rings is 1. The average molecular weight is 267 g/mol. The lowest BCUT2D eigenvalue weighted by atomic mass is 10.1. The molecule has 1 unspecified atom stereocenters. The number of anilines is 1. The predicted octanol–water partition coefficient (Wildman–Crippen LogP) is 1.67. The van der Waals surface area contributed by atoms with Crippen molar-refractivity contribution in [2.45, 2.75) is 25.8 Å². The monoisotopic (exact) mass is 267 g/mol. The second kappa shape index (κ2) is 6.69. The summed E-state index contributed by atoms with van der Waals surface area (Å²) in [5, 5.41) is 13.4. The molecule has 1 aromatic rings. The maximum Gasteiger partial charge on any atom is 0.296 e. The SMILES string of the molecule is CCC(N)CC(=O)Nc1ccc(OC)cc1[N+](=O)[O-]. The highest BCUT2D eigenvalue weighted by molar-refractivity contribution is 5.93. The van der Waals surface area contributed by atoms with Gasteiger partial charge in [0.15, 0.2) is 0 Å². The second-order valence-electron chi connectivity index (χ2n) is 4.06. The van der Waals surface area contributed by atoms with Crippen molar-refractivity contribution >= 4 is 17.3 Å². The largest absolute Gasteiger partial charge is 0.496 e. The fourth-order valence-electron chi connectivity index (χ4n) is 1.48. The van der Waals surface area contributed by atoms with Crippen molar-refractivity contribution in [3.63, 3.8) is 0 Å². The summed E-state index contributed by atoms with van der Waals surface area (Å²) in [6.07, 6.45) is 0.789. The molecule has 0 bridgehead atoms. The van der Waals surface area contributed by atoms with Crippen LogP contribution < -0.4 is 15.8 Å². The molecule has 0 aliphatic heterocycles. The number of carbonyl (C=O) groups is 1. The van der Waals surface area contributed by atoms with E-state index in [1.54, 1.807) is 6.07 Å². The first-order chi connectivity index (χ1) is 8.97. The number of ether oxygens (including phenoxy) is 1. The van der Waals surface area contributed by atoms with E-state index in [2.05, 4.69) is 5.32 Å². The van der Waals surface area contributed by atoms with Crippen LogP contribution >= 0.6 is 0 Å². The molecule has 0 aromatic heterocycles. The summed E-state index contributed by atoms with van der Waals surface area (Å²) in [6, 6.07) is 3.99. The molecule has 0 aliphatic rings. The van der Waals surface area contributed by atoms with Crippen molar-refractivity contribution in [3.05, 3.63) is 28.3 Å². The van der Waals surface area contributed by atoms with Crippen molar-refractivity contribution in [1.82, 2.24) is 0 Å². The Bertz CT molecular complexity index is 476. The Hall–Kier alpha value is -2.15. The molecule has 1 aromatic carbocycles. The summed E-state index contributed by atoms with van der Waals surface area (Å²) in [7, 11) is 1.41. The fraction of sp³-hybridized carbons (Fsp3) is 0.417. The van der Waals surface area contributed by atoms with Gasteiger partial charge in [0.05, 0.1) is 18.1 Å². The number of rotatable bonds is 6. The van der Waals surface area contributed by atoms with Gasteiger partial charge in [0.25, 0.3) is 5.69 Å². The van der Waals surface area contributed by atoms with Gasteiger partial charge >= 0.3 is 0 Å². The van der Waals surface area contributed by atoms with E-state index < -0.39 is 4.92 Å². The van der Waals surface area contributed by atoms with Crippen LogP contribution in [0.1, 0.15) is 19.8 Å². The molecule has 0 fully saturated rings. The molecule has 0 radical (unpaired) electrons. The predicted molar refractivity (Wildman–Crippen MR) is 71.2 cm³/mol. The van der Waals surface area contributed by atoms with E-state index in [0.717, 1.165) is 0 Å². The van der Waals surface area contributed by atoms with Crippen LogP contribution in [0.15, 0.2) is 18.2 Å². The summed E-state index contributed by atoms with van der Waals surface area (Å²) >= 11 is 0. The molecule has 1 amide bonds. The molecule has 1 rings (SSSR count). The summed E-state index contributed by atoms with van der Waals surface area (Å²) in [5.41, 5.74) is 5.58. The Morgan fingerprint density at radius 1 is 1.58 bits per heavy atom. The molecule has 0 spiro atoms. The Morgan fingerprint density at radius 3 is 2.79 bits per heavy atom. The van der Waals surface area contributed by atoms with Crippen molar-refractivity contribution < 1.29 is 14.5 Å². The zero-order chi connectivity index (χ0) is 14.4. The first-order valence-electron chi connectivity index (χ1n) is 5.85. The van der Waals surface area contributed by atoms with E-state index in [-0.39, 0.29) is 29.7 Å². The van der Waals surface area contributed by atoms with Crippen LogP contribution in [-0.4, -0.2) is 24.0 Å². The smallest absolute Gasteiger partial charge is 0.296 e. The normalized spacial score (nSPS) is 11.7. The van der Waals surface area contributed by atoms with Crippen LogP contribution in [0.4, 0.5) is 11.4 Å². The molecule has 0 saturated carbocycles. The number of carbonyl (C=O) groups excluding carboxylic acids is 1. The third kappa shape index (κ3) is 4.22. The summed E-state index contributed by atoms with van der Waals surface area (Å²) in [6.45, 7) is 1.87. The standard InChI is InChI=1S/C12H17N3O4/c1-3-8(13)6-12(16)14-10-5-4-9(19-2)7-11(10)15(17)18/h4-5,7-8H,3,6,13H2,1-2H3,(H,14,16). The Kier molecular flexibility index (Phi) is 5.25. The van der Waals surface area contributed by atoms with Crippen molar-refractivity contribution in [2.24, 2.45) is 5.73 Å². The number of hydrogen-bond donors (Lipinski definition) is 2. The topological polar surface area (TPSA) is 107 Å². The van der Waals surface area contributed by atoms with Gasteiger partial charge in [0.2, 0.25) is 5.91 Å². The van der Waals surface area contributed by atoms with Crippen LogP contribution in [0.2, 0.25) is 0 Å². The third-order valence-electron chi connectivity index (χ3n) is 2.65. The van der Waals surface area contributed by atoms with Gasteiger partial charge in [-0.25, -0.2) is 0 Å². The Balaban J connectivity index is 2.88. The minimum Gasteiger partial charge on any atom is -0.496 e. The number of nitro benzene ring substituents is 1. The van der Waals surface area contributed by atoms with Gasteiger partial charge in [0, 0.05) is 12.5 Å². The molecule has 104 valence electrons. The lowest BCUT2D eigenvalue weighted by molar-refractivity contribution is -0.384. The minimum atomic E-state index is -0.572. The Morgan fingerprint density at radius 2 is 2.26 bits per heavy atom. The van der Waals surface area contributed by atoms with E-state index in [9.17, 15) is 14.9 Å². The number of nitrogens with one attached hydrogen (secondary N) is 1. The van der Waals surface area contributed by atoms with E-state index >= 15 is 0 Å². The molecule has 1 atom stereocenters. The molecule has 0 saturated heterocycles. The third-order valence-corrected chi connectivity index (χ3v) is 2.65. The number of hydrogen-bond acceptors (Lipinski definition) is 5. The number of amides is 1. The summed E-state index contributed by atoms with van der Waals surface area (Å²) in [4.78, 5) is 22.0. The minimum absolute atomic E-state index is 0.125. The van der Waals surface area contributed by atoms with Crippen LogP contribution in [0, 0.1) is 10.1 Å². The maximum absolute atomic E-state index is 11.7. The first kappa shape index (κ1) is 14.9. The number of methoxy groups -OCH3 is 1. The molecule has 19 heavy (non-hydrogen) atoms. The van der Waals surface area contributed by atoms with E-state index in [0.29, 0.717) is 12.2 Å². The van der Waals surface area contributed by atoms with Crippen molar-refractivity contribution in [2.75, 3.05) is 12.4 Å². The first-order valence-corrected chi connectivity index (χ1v) is 5.85. The molecule has 0 heterocycles. The van der Waals surface area contributed by atoms with E-state index in [1.165, 1.54) is 19.2 Å². The van der Waals surface area contributed by atoms with Gasteiger partial charge in [-0.15, -0.1) is 0 Å². The number of nitro groups is 1. The number of nitrogens with zero attached hydrogens (tertiary/aromatic N) is 1. The van der Waals surface area contributed by atoms with Crippen molar-refractivity contribution in [1.29, 1.82) is 0 Å². The quantitative estimate of drug-likeness (QED) is 0.602. The van der Waals surface area contributed by atoms with Crippen LogP contribution in [0.5, 0.6) is 5.75 Å². The maximum atomic E-state index is 11.7. The zero-order valence-corrected chi connectivity index (χ0v) is 10.9. The zero-order valence-electron chi connectivity index (χ0n) is 10.9. The van der Waals surface area contributed by atoms with Gasteiger partial charge in [-0.3, -0.25) is 14.9 Å². The molecular weight excluding hydrogens is 250 g/mol. The molecule has 3 N–H and O–H groups in total. The molecular formula is C12H17N3O4. The lowest BCUT2D eigenvalue weighted by Gasteiger charge is -2.10. The molecule has 7 nitrogen and oxygen atoms in total. The highest BCUT2D eigenvalue weighted by Crippen LogP contribution is 2.29. The van der Waals surface area contributed by atoms with Gasteiger partial charge in [-0.1, -0.05) is 6.92 Å². The highest BCUT2D eigenvalue weighted by atomic mass is 16.6. The van der Waals surface area contributed by atoms with Gasteiger partial charge in [-0.2, -0.15) is 0 Å². The summed E-state index contributed by atoms with van der Waals surface area (Å²) < 4.78 is 4.91. The van der Waals surface area contributed by atoms with Crippen molar-refractivity contribution in [3.8, 4) is 5.75 Å². The van der Waals surface area contributed by atoms with E-state index in [4.69, 9.17) is 10.5 Å². The summed E-state index contributed by atoms with van der Waals surface area (Å²) in [5.74, 6) is 0.0116. The fourth-order valence-corrected chi connectivity index (χ4v) is 1.48. The average Bonchev–Trinajstić information content (AvgIpc) is 2.38. The number of nitrogens with two attached hydrogens (primary N) is 1. The van der Waals surface area contributed by atoms with Gasteiger partial charge in [-0.05, 0) is 18.6 Å². The highest BCUT2D eigenvalue weighted by Gasteiger charge is 2.18. The van der Waals surface area contributed by atoms with Crippen LogP contribution in [-0.2, 0) is 4.79 Å². The Labute approximate surface area is 110 Å². The van der Waals surface area contributed by atoms with Gasteiger partial charge < -0.3 is 15.8 Å². The van der Waals surface area contributed by atoms with Crippen LogP contribution in [0.3, 0.4) is 0 Å². The van der Waals surface area contributed by atoms with Crippen LogP contribution in [0.25, 0.3) is 0 Å². The molecule has 0 aliphatic carbocycles. The van der Waals surface area contributed by atoms with E-state index in [1.807, 2.05) is 6.92 Å². The lowest BCUT2D eigenvalue weighted by Crippen LogP contribution is -2.26. The van der Waals surface area contributed by atoms with Gasteiger partial charge in [0.1, 0.15) is 11.4 Å². The molecule has 7 heteroatoms.